The Bertz CT molecular complexity index is 854. The highest BCUT2D eigenvalue weighted by molar-refractivity contribution is 5.96. The van der Waals surface area contributed by atoms with Gasteiger partial charge in [0.15, 0.2) is 0 Å². The highest BCUT2D eigenvalue weighted by Gasteiger charge is 2.38. The van der Waals surface area contributed by atoms with Crippen molar-refractivity contribution >= 4 is 22.8 Å². The number of hydrogen-bond acceptors (Lipinski definition) is 4. The van der Waals surface area contributed by atoms with E-state index in [-0.39, 0.29) is 23.5 Å². The molecule has 1 aromatic heterocycles. The molecule has 0 spiro atoms. The lowest BCUT2D eigenvalue weighted by atomic mass is 10.1. The lowest BCUT2D eigenvalue weighted by molar-refractivity contribution is -0.125. The second-order valence-corrected chi connectivity index (χ2v) is 5.96. The van der Waals surface area contributed by atoms with Crippen molar-refractivity contribution in [3.63, 3.8) is 0 Å². The Balaban J connectivity index is 1.52. The maximum atomic E-state index is 12.5. The van der Waals surface area contributed by atoms with E-state index in [0.717, 1.165) is 6.42 Å². The number of para-hydroxylation sites is 1. The number of imide groups is 1. The van der Waals surface area contributed by atoms with Crippen LogP contribution in [0.1, 0.15) is 18.9 Å². The van der Waals surface area contributed by atoms with Crippen molar-refractivity contribution in [2.75, 3.05) is 19.6 Å². The van der Waals surface area contributed by atoms with Gasteiger partial charge in [0.05, 0.1) is 23.3 Å². The van der Waals surface area contributed by atoms with Gasteiger partial charge in [0, 0.05) is 26.1 Å². The van der Waals surface area contributed by atoms with Crippen molar-refractivity contribution in [2.24, 2.45) is 0 Å². The van der Waals surface area contributed by atoms with E-state index in [1.165, 1.54) is 11.2 Å². The summed E-state index contributed by atoms with van der Waals surface area (Å²) in [5.74, 6) is -0.108. The third kappa shape index (κ3) is 2.19. The minimum Gasteiger partial charge on any atom is -0.320 e. The summed E-state index contributed by atoms with van der Waals surface area (Å²) in [7, 11) is 0. The molecule has 0 N–H and O–H groups in total. The van der Waals surface area contributed by atoms with E-state index in [1.807, 2.05) is 12.1 Å². The molecule has 4 rings (SSSR count). The van der Waals surface area contributed by atoms with Gasteiger partial charge in [-0.15, -0.1) is 0 Å². The summed E-state index contributed by atoms with van der Waals surface area (Å²) in [5.41, 5.74) is 0.577. The van der Waals surface area contributed by atoms with Gasteiger partial charge in [0.25, 0.3) is 5.56 Å². The number of nitrogens with zero attached hydrogens (tertiary/aromatic N) is 4. The average Bonchev–Trinajstić information content (AvgIpc) is 2.94. The van der Waals surface area contributed by atoms with E-state index in [0.29, 0.717) is 37.0 Å². The molecule has 1 aromatic carbocycles. The fraction of sp³-hybridized carbons (Fsp3) is 0.375. The molecule has 2 aliphatic rings. The molecule has 23 heavy (non-hydrogen) atoms. The summed E-state index contributed by atoms with van der Waals surface area (Å²) < 4.78 is 1.58. The van der Waals surface area contributed by atoms with Crippen molar-refractivity contribution in [1.29, 1.82) is 0 Å². The maximum absolute atomic E-state index is 12.5. The minimum atomic E-state index is -0.245. The molecule has 2 saturated heterocycles. The first-order valence-corrected chi connectivity index (χ1v) is 7.70. The fourth-order valence-corrected chi connectivity index (χ4v) is 3.15. The molecule has 0 radical (unpaired) electrons. The van der Waals surface area contributed by atoms with E-state index in [9.17, 15) is 14.4 Å². The summed E-state index contributed by atoms with van der Waals surface area (Å²) in [6.45, 7) is 1.36. The number of rotatable bonds is 1. The highest BCUT2D eigenvalue weighted by atomic mass is 16.2. The number of amides is 3. The predicted octanol–water partition coefficient (Wildman–Crippen LogP) is 0.996. The van der Waals surface area contributed by atoms with Crippen LogP contribution in [0, 0.1) is 0 Å². The van der Waals surface area contributed by atoms with Crippen molar-refractivity contribution < 1.29 is 9.59 Å². The molecule has 0 bridgehead atoms. The zero-order valence-corrected chi connectivity index (χ0v) is 12.5. The molecule has 118 valence electrons. The standard InChI is InChI=1S/C16H16N4O3/c21-14-6-3-7-19(14)16(23)18-8-11(9-18)20-10-17-13-5-2-1-4-12(13)15(20)22/h1-2,4-5,10-11H,3,6-9H2. The number of carbonyl (C=O) groups excluding carboxylic acids is 2. The quantitative estimate of drug-likeness (QED) is 0.787. The number of urea groups is 1. The number of hydrogen-bond donors (Lipinski definition) is 0. The molecule has 7 heteroatoms. The number of fused-ring (bicyclic) bond motifs is 1. The summed E-state index contributed by atoms with van der Waals surface area (Å²) in [5, 5.41) is 0.578. The monoisotopic (exact) mass is 312 g/mol. The van der Waals surface area contributed by atoms with Crippen LogP contribution >= 0.6 is 0 Å². The molecule has 0 aliphatic carbocycles. The Kier molecular flexibility index (Phi) is 3.14. The Morgan fingerprint density at radius 3 is 2.70 bits per heavy atom. The van der Waals surface area contributed by atoms with Crippen LogP contribution in [0.2, 0.25) is 0 Å². The topological polar surface area (TPSA) is 75.5 Å². The van der Waals surface area contributed by atoms with Gasteiger partial charge in [-0.25, -0.2) is 9.78 Å². The second kappa shape index (κ2) is 5.19. The van der Waals surface area contributed by atoms with Crippen molar-refractivity contribution in [3.8, 4) is 0 Å². The summed E-state index contributed by atoms with van der Waals surface area (Å²) >= 11 is 0. The normalized spacial score (nSPS) is 18.5. The first-order valence-electron chi connectivity index (χ1n) is 7.70. The summed E-state index contributed by atoms with van der Waals surface area (Å²) in [6.07, 6.45) is 2.71. The number of aromatic nitrogens is 2. The maximum Gasteiger partial charge on any atom is 0.326 e. The van der Waals surface area contributed by atoms with Gasteiger partial charge in [-0.2, -0.15) is 0 Å². The zero-order chi connectivity index (χ0) is 16.0. The van der Waals surface area contributed by atoms with Gasteiger partial charge in [0.2, 0.25) is 5.91 Å². The highest BCUT2D eigenvalue weighted by Crippen LogP contribution is 2.23. The van der Waals surface area contributed by atoms with Crippen LogP contribution in [-0.2, 0) is 4.79 Å². The number of benzene rings is 1. The Hall–Kier alpha value is -2.70. The van der Waals surface area contributed by atoms with E-state index in [1.54, 1.807) is 21.6 Å². The number of carbonyl (C=O) groups is 2. The molecule has 0 unspecified atom stereocenters. The predicted molar refractivity (Wildman–Crippen MR) is 83.0 cm³/mol. The van der Waals surface area contributed by atoms with E-state index >= 15 is 0 Å². The van der Waals surface area contributed by atoms with Gasteiger partial charge in [-0.05, 0) is 18.6 Å². The second-order valence-electron chi connectivity index (χ2n) is 5.96. The molecule has 0 saturated carbocycles. The molecular weight excluding hydrogens is 296 g/mol. The summed E-state index contributed by atoms with van der Waals surface area (Å²) in [4.78, 5) is 43.6. The molecule has 2 aromatic rings. The average molecular weight is 312 g/mol. The van der Waals surface area contributed by atoms with E-state index in [4.69, 9.17) is 0 Å². The molecule has 3 heterocycles. The first kappa shape index (κ1) is 13.9. The minimum absolute atomic E-state index is 0.0822. The van der Waals surface area contributed by atoms with Crippen molar-refractivity contribution in [3.05, 3.63) is 40.9 Å². The zero-order valence-electron chi connectivity index (χ0n) is 12.5. The van der Waals surface area contributed by atoms with Gasteiger partial charge < -0.3 is 4.90 Å². The lowest BCUT2D eigenvalue weighted by Crippen LogP contribution is -2.56. The summed E-state index contributed by atoms with van der Waals surface area (Å²) in [6, 6.07) is 6.88. The van der Waals surface area contributed by atoms with Crippen LogP contribution in [0.4, 0.5) is 4.79 Å². The van der Waals surface area contributed by atoms with Crippen LogP contribution in [0.25, 0.3) is 10.9 Å². The van der Waals surface area contributed by atoms with Crippen molar-refractivity contribution in [2.45, 2.75) is 18.9 Å². The molecular formula is C16H16N4O3. The fourth-order valence-electron chi connectivity index (χ4n) is 3.15. The van der Waals surface area contributed by atoms with Crippen LogP contribution in [0.15, 0.2) is 35.4 Å². The lowest BCUT2D eigenvalue weighted by Gasteiger charge is -2.41. The third-order valence-electron chi connectivity index (χ3n) is 4.52. The molecule has 0 atom stereocenters. The van der Waals surface area contributed by atoms with Crippen LogP contribution in [0.3, 0.4) is 0 Å². The molecule has 2 aliphatic heterocycles. The Morgan fingerprint density at radius 1 is 1.17 bits per heavy atom. The smallest absolute Gasteiger partial charge is 0.320 e. The SMILES string of the molecule is O=C1CCCN1C(=O)N1CC(n2cnc3ccccc3c2=O)C1. The van der Waals surface area contributed by atoms with Gasteiger partial charge in [-0.1, -0.05) is 12.1 Å². The largest absolute Gasteiger partial charge is 0.326 e. The third-order valence-corrected chi connectivity index (χ3v) is 4.52. The first-order chi connectivity index (χ1) is 11.1. The van der Waals surface area contributed by atoms with E-state index < -0.39 is 0 Å². The Morgan fingerprint density at radius 2 is 1.96 bits per heavy atom. The van der Waals surface area contributed by atoms with Gasteiger partial charge in [0.1, 0.15) is 0 Å². The van der Waals surface area contributed by atoms with Gasteiger partial charge in [-0.3, -0.25) is 19.1 Å². The van der Waals surface area contributed by atoms with Gasteiger partial charge >= 0.3 is 6.03 Å². The van der Waals surface area contributed by atoms with Crippen LogP contribution in [-0.4, -0.2) is 50.9 Å². The molecule has 3 amide bonds. The molecule has 7 nitrogen and oxygen atoms in total. The van der Waals surface area contributed by atoms with Crippen LogP contribution in [0.5, 0.6) is 0 Å². The van der Waals surface area contributed by atoms with Crippen molar-refractivity contribution in [1.82, 2.24) is 19.4 Å². The Labute approximate surface area is 132 Å². The van der Waals surface area contributed by atoms with E-state index in [2.05, 4.69) is 4.98 Å². The number of likely N-dealkylation sites (tertiary alicyclic amines) is 2. The molecule has 2 fully saturated rings. The van der Waals surface area contributed by atoms with Crippen LogP contribution < -0.4 is 5.56 Å².